The molecule has 0 bridgehead atoms. The maximum Gasteiger partial charge on any atom is 0.0831 e. The van der Waals surface area contributed by atoms with Crippen LogP contribution in [0.4, 0.5) is 5.69 Å². The largest absolute Gasteiger partial charge is 0.293 e. The first-order valence-corrected chi connectivity index (χ1v) is 12.4. The summed E-state index contributed by atoms with van der Waals surface area (Å²) in [6.07, 6.45) is 10.7. The van der Waals surface area contributed by atoms with Gasteiger partial charge in [-0.1, -0.05) is 112 Å². The van der Waals surface area contributed by atoms with E-state index in [4.69, 9.17) is 5.10 Å². The minimum atomic E-state index is 0.202. The molecule has 3 aromatic rings. The van der Waals surface area contributed by atoms with Crippen LogP contribution < -0.4 is 5.01 Å². The molecular formula is C30H35N3. The minimum Gasteiger partial charge on any atom is -0.293 e. The zero-order chi connectivity index (χ0) is 22.7. The minimum absolute atomic E-state index is 0.202. The van der Waals surface area contributed by atoms with E-state index in [2.05, 4.69) is 102 Å². The molecule has 1 aliphatic heterocycles. The second kappa shape index (κ2) is 12.2. The van der Waals surface area contributed by atoms with E-state index in [9.17, 15) is 0 Å². The third-order valence-electron chi connectivity index (χ3n) is 6.24. The maximum atomic E-state index is 5.05. The molecule has 3 nitrogen and oxygen atoms in total. The molecule has 4 rings (SSSR count). The van der Waals surface area contributed by atoms with Crippen molar-refractivity contribution in [2.75, 3.05) is 11.6 Å². The van der Waals surface area contributed by atoms with Crippen molar-refractivity contribution in [2.45, 2.75) is 57.9 Å². The number of anilines is 1. The van der Waals surface area contributed by atoms with E-state index in [1.165, 1.54) is 49.7 Å². The molecule has 0 aliphatic carbocycles. The number of unbranched alkanes of at least 4 members (excludes halogenated alkanes) is 5. The summed E-state index contributed by atoms with van der Waals surface area (Å²) >= 11 is 0. The monoisotopic (exact) mass is 437 g/mol. The van der Waals surface area contributed by atoms with Crippen LogP contribution in [-0.2, 0) is 0 Å². The van der Waals surface area contributed by atoms with Crippen molar-refractivity contribution >= 4 is 17.6 Å². The lowest BCUT2D eigenvalue weighted by Crippen LogP contribution is -2.18. The van der Waals surface area contributed by atoms with Gasteiger partial charge in [0.2, 0.25) is 0 Å². The first kappa shape index (κ1) is 23.0. The number of hydrazone groups is 1. The van der Waals surface area contributed by atoms with Gasteiger partial charge in [0.05, 0.1) is 17.4 Å². The standard InChI is InChI=1S/C30H35N3/c1-2-3-4-5-6-13-22-31-24-25-18-20-28(21-19-25)33-30(27-16-11-8-12-17-27)23-29(32-33)26-14-9-7-10-15-26/h7-12,14-21,24,30H,2-6,13,22-23H2,1H3. The van der Waals surface area contributed by atoms with Gasteiger partial charge in [0.1, 0.15) is 0 Å². The molecule has 0 fully saturated rings. The number of rotatable bonds is 11. The number of benzene rings is 3. The van der Waals surface area contributed by atoms with E-state index >= 15 is 0 Å². The number of nitrogens with zero attached hydrogens (tertiary/aromatic N) is 3. The van der Waals surface area contributed by atoms with Crippen LogP contribution >= 0.6 is 0 Å². The van der Waals surface area contributed by atoms with Gasteiger partial charge in [0.25, 0.3) is 0 Å². The van der Waals surface area contributed by atoms with Gasteiger partial charge in [-0.3, -0.25) is 10.0 Å². The van der Waals surface area contributed by atoms with Crippen LogP contribution in [0.2, 0.25) is 0 Å². The Morgan fingerprint density at radius 2 is 1.48 bits per heavy atom. The van der Waals surface area contributed by atoms with E-state index in [1.54, 1.807) is 0 Å². The molecule has 0 saturated carbocycles. The molecule has 0 saturated heterocycles. The van der Waals surface area contributed by atoms with Crippen molar-refractivity contribution in [3.8, 4) is 0 Å². The Morgan fingerprint density at radius 3 is 2.21 bits per heavy atom. The van der Waals surface area contributed by atoms with Gasteiger partial charge >= 0.3 is 0 Å². The third kappa shape index (κ3) is 6.41. The molecule has 1 aliphatic rings. The molecule has 33 heavy (non-hydrogen) atoms. The van der Waals surface area contributed by atoms with Crippen LogP contribution in [0.25, 0.3) is 0 Å². The van der Waals surface area contributed by atoms with E-state index < -0.39 is 0 Å². The molecule has 0 aromatic heterocycles. The zero-order valence-electron chi connectivity index (χ0n) is 19.7. The van der Waals surface area contributed by atoms with Gasteiger partial charge < -0.3 is 0 Å². The summed E-state index contributed by atoms with van der Waals surface area (Å²) in [7, 11) is 0. The van der Waals surface area contributed by atoms with Crippen LogP contribution in [-0.4, -0.2) is 18.5 Å². The summed E-state index contributed by atoms with van der Waals surface area (Å²) in [4.78, 5) is 4.63. The van der Waals surface area contributed by atoms with Crippen LogP contribution in [0, 0.1) is 0 Å². The normalized spacial score (nSPS) is 15.8. The van der Waals surface area contributed by atoms with Crippen molar-refractivity contribution in [1.82, 2.24) is 0 Å². The van der Waals surface area contributed by atoms with E-state index in [1.807, 2.05) is 6.21 Å². The summed E-state index contributed by atoms with van der Waals surface area (Å²) < 4.78 is 0. The molecular weight excluding hydrogens is 402 g/mol. The Hall–Kier alpha value is -3.20. The number of hydrogen-bond acceptors (Lipinski definition) is 3. The van der Waals surface area contributed by atoms with E-state index in [0.717, 1.165) is 29.9 Å². The van der Waals surface area contributed by atoms with Crippen molar-refractivity contribution in [1.29, 1.82) is 0 Å². The summed E-state index contributed by atoms with van der Waals surface area (Å²) in [5, 5.41) is 7.22. The quantitative estimate of drug-likeness (QED) is 0.222. The highest BCUT2D eigenvalue weighted by Crippen LogP contribution is 2.36. The van der Waals surface area contributed by atoms with Crippen molar-refractivity contribution < 1.29 is 0 Å². The van der Waals surface area contributed by atoms with Crippen LogP contribution in [0.3, 0.4) is 0 Å². The SMILES string of the molecule is CCCCCCCCN=Cc1ccc(N2N=C(c3ccccc3)CC2c2ccccc2)cc1. The second-order valence-electron chi connectivity index (χ2n) is 8.78. The lowest BCUT2D eigenvalue weighted by Gasteiger charge is -2.24. The van der Waals surface area contributed by atoms with Crippen molar-refractivity contribution in [3.05, 3.63) is 102 Å². The van der Waals surface area contributed by atoms with E-state index in [-0.39, 0.29) is 6.04 Å². The molecule has 0 radical (unpaired) electrons. The third-order valence-corrected chi connectivity index (χ3v) is 6.24. The number of hydrogen-bond donors (Lipinski definition) is 0. The topological polar surface area (TPSA) is 28.0 Å². The Bertz CT molecular complexity index is 1020. The van der Waals surface area contributed by atoms with Gasteiger partial charge in [0.15, 0.2) is 0 Å². The van der Waals surface area contributed by atoms with Gasteiger partial charge in [0, 0.05) is 19.2 Å². The van der Waals surface area contributed by atoms with Crippen LogP contribution in [0.1, 0.15) is 74.6 Å². The molecule has 1 atom stereocenters. The molecule has 1 unspecified atom stereocenters. The fourth-order valence-corrected chi connectivity index (χ4v) is 4.35. The summed E-state index contributed by atoms with van der Waals surface area (Å²) in [5.74, 6) is 0. The molecule has 3 heteroatoms. The second-order valence-corrected chi connectivity index (χ2v) is 8.78. The molecule has 0 amide bonds. The lowest BCUT2D eigenvalue weighted by molar-refractivity contribution is 0.612. The highest BCUT2D eigenvalue weighted by Gasteiger charge is 2.29. The molecule has 3 aromatic carbocycles. The predicted molar refractivity (Wildman–Crippen MR) is 142 cm³/mol. The van der Waals surface area contributed by atoms with Gasteiger partial charge in [-0.15, -0.1) is 0 Å². The predicted octanol–water partition coefficient (Wildman–Crippen LogP) is 7.82. The van der Waals surface area contributed by atoms with Crippen LogP contribution in [0.5, 0.6) is 0 Å². The number of aliphatic imine (C=N–C) groups is 1. The van der Waals surface area contributed by atoms with E-state index in [0.29, 0.717) is 0 Å². The maximum absolute atomic E-state index is 5.05. The fraction of sp³-hybridized carbons (Fsp3) is 0.333. The highest BCUT2D eigenvalue weighted by molar-refractivity contribution is 6.03. The molecule has 170 valence electrons. The van der Waals surface area contributed by atoms with Gasteiger partial charge in [-0.05, 0) is 35.2 Å². The smallest absolute Gasteiger partial charge is 0.0831 e. The molecule has 0 spiro atoms. The van der Waals surface area contributed by atoms with Gasteiger partial charge in [-0.2, -0.15) is 5.10 Å². The van der Waals surface area contributed by atoms with Crippen LogP contribution in [0.15, 0.2) is 95.0 Å². The summed E-state index contributed by atoms with van der Waals surface area (Å²) in [6.45, 7) is 3.18. The molecule has 1 heterocycles. The Balaban J connectivity index is 1.43. The van der Waals surface area contributed by atoms with Crippen molar-refractivity contribution in [2.24, 2.45) is 10.1 Å². The van der Waals surface area contributed by atoms with Gasteiger partial charge in [-0.25, -0.2) is 0 Å². The summed E-state index contributed by atoms with van der Waals surface area (Å²) in [6, 6.07) is 30.0. The first-order chi connectivity index (χ1) is 16.3. The highest BCUT2D eigenvalue weighted by atomic mass is 15.5. The first-order valence-electron chi connectivity index (χ1n) is 12.4. The Morgan fingerprint density at radius 1 is 0.818 bits per heavy atom. The average molecular weight is 438 g/mol. The molecule has 0 N–H and O–H groups in total. The Kier molecular flexibility index (Phi) is 8.46. The Labute approximate surface area is 198 Å². The lowest BCUT2D eigenvalue weighted by atomic mass is 9.98. The fourth-order valence-electron chi connectivity index (χ4n) is 4.35. The van der Waals surface area contributed by atoms with Crippen molar-refractivity contribution in [3.63, 3.8) is 0 Å². The summed E-state index contributed by atoms with van der Waals surface area (Å²) in [5.41, 5.74) is 5.88. The zero-order valence-corrected chi connectivity index (χ0v) is 19.7. The average Bonchev–Trinajstić information content (AvgIpc) is 3.33.